The quantitative estimate of drug-likeness (QED) is 0.768. The van der Waals surface area contributed by atoms with Crippen LogP contribution in [0.2, 0.25) is 0 Å². The van der Waals surface area contributed by atoms with Crippen LogP contribution < -0.4 is 10.1 Å². The molecule has 8 nitrogen and oxygen atoms in total. The molecule has 2 heterocycles. The molecular weight excluding hydrogens is 365 g/mol. The lowest BCUT2D eigenvalue weighted by atomic mass is 10.1. The van der Waals surface area contributed by atoms with Gasteiger partial charge >= 0.3 is 0 Å². The molecular formula is C19H20FN5O3. The van der Waals surface area contributed by atoms with E-state index in [0.717, 1.165) is 0 Å². The van der Waals surface area contributed by atoms with Crippen molar-refractivity contribution in [1.29, 1.82) is 0 Å². The van der Waals surface area contributed by atoms with Gasteiger partial charge in [0.25, 0.3) is 5.91 Å². The van der Waals surface area contributed by atoms with E-state index in [0.29, 0.717) is 29.2 Å². The van der Waals surface area contributed by atoms with E-state index in [1.54, 1.807) is 32.3 Å². The minimum atomic E-state index is -0.459. The molecule has 1 aliphatic heterocycles. The van der Waals surface area contributed by atoms with Gasteiger partial charge in [0.05, 0.1) is 12.8 Å². The van der Waals surface area contributed by atoms with Crippen LogP contribution in [0.1, 0.15) is 34.0 Å². The second kappa shape index (κ2) is 8.55. The number of methoxy groups -OCH3 is 1. The summed E-state index contributed by atoms with van der Waals surface area (Å²) in [4.78, 5) is 30.3. The molecule has 1 atom stereocenters. The van der Waals surface area contributed by atoms with Crippen molar-refractivity contribution >= 4 is 17.8 Å². The third kappa shape index (κ3) is 4.48. The molecule has 0 radical (unpaired) electrons. The number of aryl methyl sites for hydroxylation is 1. The van der Waals surface area contributed by atoms with Crippen molar-refractivity contribution in [2.75, 3.05) is 14.2 Å². The van der Waals surface area contributed by atoms with Crippen molar-refractivity contribution in [2.45, 2.75) is 26.0 Å². The highest BCUT2D eigenvalue weighted by molar-refractivity contribution is 6.03. The highest BCUT2D eigenvalue weighted by atomic mass is 19.1. The van der Waals surface area contributed by atoms with E-state index in [9.17, 15) is 9.18 Å². The fourth-order valence-corrected chi connectivity index (χ4v) is 2.71. The smallest absolute Gasteiger partial charge is 0.270 e. The third-order valence-corrected chi connectivity index (χ3v) is 4.04. The van der Waals surface area contributed by atoms with E-state index in [4.69, 9.17) is 9.57 Å². The molecule has 1 amide bonds. The maximum atomic E-state index is 13.5. The van der Waals surface area contributed by atoms with Crippen LogP contribution in [-0.4, -0.2) is 48.1 Å². The van der Waals surface area contributed by atoms with Gasteiger partial charge in [-0.1, -0.05) is 11.2 Å². The SMILES string of the molecule is CN=CC1CC(c2cc(C(=O)NCc3ccc(F)c(OC)c3)nc(C)n2)=NO1. The van der Waals surface area contributed by atoms with Crippen molar-refractivity contribution in [2.24, 2.45) is 10.1 Å². The number of benzene rings is 1. The number of carbonyl (C=O) groups excluding carboxylic acids is 1. The maximum Gasteiger partial charge on any atom is 0.270 e. The summed E-state index contributed by atoms with van der Waals surface area (Å²) in [5.74, 6) is -0.265. The molecule has 1 aromatic heterocycles. The maximum absolute atomic E-state index is 13.5. The van der Waals surface area contributed by atoms with Crippen LogP contribution in [-0.2, 0) is 11.4 Å². The molecule has 1 aliphatic rings. The molecule has 1 aromatic carbocycles. The van der Waals surface area contributed by atoms with Gasteiger partial charge in [0.1, 0.15) is 17.2 Å². The van der Waals surface area contributed by atoms with Crippen LogP contribution in [0.4, 0.5) is 4.39 Å². The predicted octanol–water partition coefficient (Wildman–Crippen LogP) is 2.06. The van der Waals surface area contributed by atoms with Gasteiger partial charge in [-0.05, 0) is 30.7 Å². The Labute approximate surface area is 161 Å². The summed E-state index contributed by atoms with van der Waals surface area (Å²) in [6.45, 7) is 1.90. The molecule has 3 rings (SSSR count). The van der Waals surface area contributed by atoms with Crippen LogP contribution in [0.5, 0.6) is 5.75 Å². The molecule has 9 heteroatoms. The number of hydrogen-bond acceptors (Lipinski definition) is 7. The number of halogens is 1. The number of ether oxygens (including phenoxy) is 1. The largest absolute Gasteiger partial charge is 0.494 e. The van der Waals surface area contributed by atoms with Gasteiger partial charge in [-0.25, -0.2) is 14.4 Å². The summed E-state index contributed by atoms with van der Waals surface area (Å²) in [5, 5.41) is 6.78. The van der Waals surface area contributed by atoms with Crippen LogP contribution in [0, 0.1) is 12.7 Å². The zero-order valence-corrected chi connectivity index (χ0v) is 15.8. The number of carbonyl (C=O) groups is 1. The second-order valence-electron chi connectivity index (χ2n) is 6.13. The van der Waals surface area contributed by atoms with E-state index in [2.05, 4.69) is 25.4 Å². The first kappa shape index (κ1) is 19.4. The molecule has 28 heavy (non-hydrogen) atoms. The lowest BCUT2D eigenvalue weighted by Crippen LogP contribution is -2.25. The number of hydrogen-bond donors (Lipinski definition) is 1. The van der Waals surface area contributed by atoms with Gasteiger partial charge in [0, 0.05) is 26.2 Å². The number of amides is 1. The normalized spacial score (nSPS) is 16.0. The van der Waals surface area contributed by atoms with Crippen LogP contribution in [0.25, 0.3) is 0 Å². The summed E-state index contributed by atoms with van der Waals surface area (Å²) < 4.78 is 18.4. The molecule has 2 aromatic rings. The third-order valence-electron chi connectivity index (χ3n) is 4.04. The molecule has 0 bridgehead atoms. The second-order valence-corrected chi connectivity index (χ2v) is 6.13. The van der Waals surface area contributed by atoms with E-state index in [1.165, 1.54) is 19.2 Å². The van der Waals surface area contributed by atoms with Crippen molar-refractivity contribution in [1.82, 2.24) is 15.3 Å². The summed E-state index contributed by atoms with van der Waals surface area (Å²) in [5.41, 5.74) is 2.08. The van der Waals surface area contributed by atoms with E-state index < -0.39 is 5.82 Å². The van der Waals surface area contributed by atoms with Crippen LogP contribution in [0.3, 0.4) is 0 Å². The topological polar surface area (TPSA) is 98.1 Å². The average Bonchev–Trinajstić information content (AvgIpc) is 3.15. The molecule has 0 saturated carbocycles. The Morgan fingerprint density at radius 1 is 1.43 bits per heavy atom. The predicted molar refractivity (Wildman–Crippen MR) is 101 cm³/mol. The fraction of sp³-hybridized carbons (Fsp3) is 0.316. The van der Waals surface area contributed by atoms with Crippen molar-refractivity contribution in [3.8, 4) is 5.75 Å². The number of oxime groups is 1. The standard InChI is InChI=1S/C19H20FN5O3/c1-11-23-15(16-7-13(10-21-2)28-25-16)8-17(24-11)19(26)22-9-12-4-5-14(20)18(6-12)27-3/h4-6,8,10,13H,7,9H2,1-3H3,(H,22,26). The van der Waals surface area contributed by atoms with E-state index in [-0.39, 0.29) is 30.0 Å². The Hall–Kier alpha value is -3.36. The molecule has 0 saturated heterocycles. The number of aliphatic imine (C=N–C) groups is 1. The Balaban J connectivity index is 1.71. The number of nitrogens with zero attached hydrogens (tertiary/aromatic N) is 4. The average molecular weight is 385 g/mol. The lowest BCUT2D eigenvalue weighted by Gasteiger charge is -2.09. The monoisotopic (exact) mass is 385 g/mol. The first-order valence-electron chi connectivity index (χ1n) is 8.61. The minimum Gasteiger partial charge on any atom is -0.494 e. The van der Waals surface area contributed by atoms with Crippen LogP contribution in [0.15, 0.2) is 34.4 Å². The molecule has 1 N–H and O–H groups in total. The highest BCUT2D eigenvalue weighted by Crippen LogP contribution is 2.18. The summed E-state index contributed by atoms with van der Waals surface area (Å²) >= 11 is 0. The van der Waals surface area contributed by atoms with Crippen molar-refractivity contribution in [3.05, 3.63) is 52.9 Å². The van der Waals surface area contributed by atoms with E-state index in [1.807, 2.05) is 0 Å². The zero-order valence-electron chi connectivity index (χ0n) is 15.8. The first-order chi connectivity index (χ1) is 13.5. The van der Waals surface area contributed by atoms with E-state index >= 15 is 0 Å². The number of aromatic nitrogens is 2. The summed E-state index contributed by atoms with van der Waals surface area (Å²) in [7, 11) is 3.05. The van der Waals surface area contributed by atoms with Crippen LogP contribution >= 0.6 is 0 Å². The Kier molecular flexibility index (Phi) is 5.93. The van der Waals surface area contributed by atoms with Gasteiger partial charge < -0.3 is 14.9 Å². The zero-order chi connectivity index (χ0) is 20.1. The summed E-state index contributed by atoms with van der Waals surface area (Å²) in [6.07, 6.45) is 1.94. The fourth-order valence-electron chi connectivity index (χ4n) is 2.71. The molecule has 0 aliphatic carbocycles. The van der Waals surface area contributed by atoms with Gasteiger partial charge in [-0.2, -0.15) is 0 Å². The highest BCUT2D eigenvalue weighted by Gasteiger charge is 2.23. The van der Waals surface area contributed by atoms with Gasteiger partial charge in [0.15, 0.2) is 17.7 Å². The number of nitrogens with one attached hydrogen (secondary N) is 1. The molecule has 146 valence electrons. The molecule has 1 unspecified atom stereocenters. The lowest BCUT2D eigenvalue weighted by molar-refractivity contribution is 0.0945. The molecule has 0 spiro atoms. The summed E-state index contributed by atoms with van der Waals surface area (Å²) in [6, 6.07) is 5.98. The van der Waals surface area contributed by atoms with Gasteiger partial charge in [-0.15, -0.1) is 0 Å². The van der Waals surface area contributed by atoms with Gasteiger partial charge in [0.2, 0.25) is 0 Å². The van der Waals surface area contributed by atoms with Crippen molar-refractivity contribution < 1.29 is 18.8 Å². The van der Waals surface area contributed by atoms with Gasteiger partial charge in [-0.3, -0.25) is 9.79 Å². The molecule has 0 fully saturated rings. The Morgan fingerprint density at radius 2 is 2.25 bits per heavy atom. The number of rotatable bonds is 6. The Bertz CT molecular complexity index is 945. The van der Waals surface area contributed by atoms with Crippen molar-refractivity contribution in [3.63, 3.8) is 0 Å². The Morgan fingerprint density at radius 3 is 3.00 bits per heavy atom. The minimum absolute atomic E-state index is 0.122. The first-order valence-corrected chi connectivity index (χ1v) is 8.61.